The number of aromatic nitrogens is 2. The SMILES string of the molecule is O=C(Nc1cc(NC2CCC(OC(=O)Nc3c(Cl)cccc3Cl)CC2)ncn1)Nc1c(Cl)cccc1Cl. The first-order valence-corrected chi connectivity index (χ1v) is 12.8. The van der Waals surface area contributed by atoms with Gasteiger partial charge in [0, 0.05) is 12.1 Å². The Hall–Kier alpha value is -2.98. The molecule has 1 aliphatic carbocycles. The Kier molecular flexibility index (Phi) is 9.15. The van der Waals surface area contributed by atoms with Gasteiger partial charge in [0.25, 0.3) is 0 Å². The number of benzene rings is 2. The molecule has 0 aliphatic heterocycles. The predicted molar refractivity (Wildman–Crippen MR) is 147 cm³/mol. The maximum atomic E-state index is 12.4. The van der Waals surface area contributed by atoms with Gasteiger partial charge in [-0.05, 0) is 49.9 Å². The van der Waals surface area contributed by atoms with E-state index in [9.17, 15) is 9.59 Å². The van der Waals surface area contributed by atoms with Gasteiger partial charge < -0.3 is 15.4 Å². The number of nitrogens with one attached hydrogen (secondary N) is 4. The van der Waals surface area contributed by atoms with Gasteiger partial charge in [0.05, 0.1) is 31.5 Å². The van der Waals surface area contributed by atoms with E-state index in [4.69, 9.17) is 51.1 Å². The van der Waals surface area contributed by atoms with Gasteiger partial charge in [0.15, 0.2) is 0 Å². The molecule has 0 bridgehead atoms. The molecule has 13 heteroatoms. The van der Waals surface area contributed by atoms with Gasteiger partial charge >= 0.3 is 12.1 Å². The standard InChI is InChI=1S/C24H22Cl4N6O3/c25-15-3-1-4-16(26)21(15)33-23(35)32-20-11-19(29-12-30-20)31-13-7-9-14(10-8-13)37-24(36)34-22-17(27)5-2-6-18(22)28/h1-6,11-14H,7-10H2,(H,34,36)(H3,29,30,31,32,33,35). The molecule has 1 aliphatic rings. The molecule has 0 unspecified atom stereocenters. The van der Waals surface area contributed by atoms with Gasteiger partial charge in [0.2, 0.25) is 0 Å². The highest BCUT2D eigenvalue weighted by Gasteiger charge is 2.25. The van der Waals surface area contributed by atoms with E-state index in [0.717, 1.165) is 12.8 Å². The van der Waals surface area contributed by atoms with Crippen molar-refractivity contribution in [2.24, 2.45) is 0 Å². The number of para-hydroxylation sites is 2. The molecule has 3 aromatic rings. The van der Waals surface area contributed by atoms with E-state index in [1.54, 1.807) is 42.5 Å². The number of nitrogens with zero attached hydrogens (tertiary/aromatic N) is 2. The van der Waals surface area contributed by atoms with Crippen molar-refractivity contribution < 1.29 is 14.3 Å². The summed E-state index contributed by atoms with van der Waals surface area (Å²) in [5, 5.41) is 12.5. The van der Waals surface area contributed by atoms with E-state index >= 15 is 0 Å². The monoisotopic (exact) mass is 582 g/mol. The van der Waals surface area contributed by atoms with Crippen LogP contribution in [0.1, 0.15) is 25.7 Å². The number of carbonyl (C=O) groups is 2. The molecule has 3 amide bonds. The zero-order valence-corrected chi connectivity index (χ0v) is 22.3. The van der Waals surface area contributed by atoms with Gasteiger partial charge in [0.1, 0.15) is 24.1 Å². The van der Waals surface area contributed by atoms with Gasteiger partial charge in [-0.25, -0.2) is 19.6 Å². The van der Waals surface area contributed by atoms with Crippen LogP contribution in [0, 0.1) is 0 Å². The molecule has 9 nitrogen and oxygen atoms in total. The number of rotatable bonds is 6. The van der Waals surface area contributed by atoms with Gasteiger partial charge in [-0.3, -0.25) is 10.6 Å². The second-order valence-electron chi connectivity index (χ2n) is 8.21. The van der Waals surface area contributed by atoms with Crippen LogP contribution in [0.15, 0.2) is 48.8 Å². The Morgan fingerprint density at radius 2 is 1.30 bits per heavy atom. The lowest BCUT2D eigenvalue weighted by Crippen LogP contribution is -2.32. The number of amides is 3. The third kappa shape index (κ3) is 7.52. The minimum absolute atomic E-state index is 0.111. The topological polar surface area (TPSA) is 117 Å². The maximum absolute atomic E-state index is 12.4. The number of halogens is 4. The zero-order valence-electron chi connectivity index (χ0n) is 19.2. The molecule has 1 heterocycles. The van der Waals surface area contributed by atoms with E-state index in [2.05, 4.69) is 31.2 Å². The van der Waals surface area contributed by atoms with Crippen LogP contribution in [0.5, 0.6) is 0 Å². The maximum Gasteiger partial charge on any atom is 0.411 e. The normalized spacial score (nSPS) is 17.0. The molecule has 1 saturated carbocycles. The van der Waals surface area contributed by atoms with Crippen molar-refractivity contribution in [2.75, 3.05) is 21.3 Å². The van der Waals surface area contributed by atoms with E-state index in [1.807, 2.05) is 0 Å². The van der Waals surface area contributed by atoms with Crippen LogP contribution in [-0.4, -0.2) is 34.2 Å². The highest BCUT2D eigenvalue weighted by atomic mass is 35.5. The fraction of sp³-hybridized carbons (Fsp3) is 0.250. The molecular weight excluding hydrogens is 562 g/mol. The van der Waals surface area contributed by atoms with Crippen LogP contribution < -0.4 is 21.3 Å². The molecule has 37 heavy (non-hydrogen) atoms. The van der Waals surface area contributed by atoms with Crippen LogP contribution in [0.3, 0.4) is 0 Å². The van der Waals surface area contributed by atoms with Gasteiger partial charge in [-0.2, -0.15) is 0 Å². The Morgan fingerprint density at radius 1 is 0.757 bits per heavy atom. The highest BCUT2D eigenvalue weighted by Crippen LogP contribution is 2.31. The average Bonchev–Trinajstić information content (AvgIpc) is 2.85. The summed E-state index contributed by atoms with van der Waals surface area (Å²) in [6, 6.07) is 11.1. The summed E-state index contributed by atoms with van der Waals surface area (Å²) < 4.78 is 5.54. The molecule has 0 saturated heterocycles. The van der Waals surface area contributed by atoms with Gasteiger partial charge in [-0.1, -0.05) is 58.5 Å². The van der Waals surface area contributed by atoms with E-state index < -0.39 is 12.1 Å². The minimum atomic E-state index is -0.603. The van der Waals surface area contributed by atoms with Crippen LogP contribution in [-0.2, 0) is 4.74 Å². The van der Waals surface area contributed by atoms with Crippen molar-refractivity contribution in [3.8, 4) is 0 Å². The summed E-state index contributed by atoms with van der Waals surface area (Å²) >= 11 is 24.4. The second kappa shape index (κ2) is 12.5. The molecule has 4 N–H and O–H groups in total. The lowest BCUT2D eigenvalue weighted by atomic mass is 9.93. The highest BCUT2D eigenvalue weighted by molar-refractivity contribution is 6.40. The molecule has 0 radical (unpaired) electrons. The van der Waals surface area contributed by atoms with Crippen molar-refractivity contribution in [2.45, 2.75) is 37.8 Å². The van der Waals surface area contributed by atoms with Crippen LogP contribution in [0.25, 0.3) is 0 Å². The lowest BCUT2D eigenvalue weighted by molar-refractivity contribution is 0.0841. The summed E-state index contributed by atoms with van der Waals surface area (Å²) in [5.74, 6) is 0.849. The smallest absolute Gasteiger partial charge is 0.411 e. The fourth-order valence-corrected chi connectivity index (χ4v) is 4.80. The molecule has 1 aromatic heterocycles. The first-order chi connectivity index (χ1) is 17.8. The number of anilines is 4. The van der Waals surface area contributed by atoms with Crippen LogP contribution in [0.4, 0.5) is 32.6 Å². The van der Waals surface area contributed by atoms with Crippen molar-refractivity contribution >= 4 is 81.5 Å². The van der Waals surface area contributed by atoms with Crippen molar-refractivity contribution in [1.29, 1.82) is 0 Å². The van der Waals surface area contributed by atoms with Crippen molar-refractivity contribution in [3.05, 3.63) is 68.9 Å². The van der Waals surface area contributed by atoms with Crippen molar-refractivity contribution in [1.82, 2.24) is 9.97 Å². The molecule has 4 rings (SSSR count). The summed E-state index contributed by atoms with van der Waals surface area (Å²) in [4.78, 5) is 33.0. The van der Waals surface area contributed by atoms with Crippen LogP contribution >= 0.6 is 46.4 Å². The molecular formula is C24H22Cl4N6O3. The summed E-state index contributed by atoms with van der Waals surface area (Å²) in [6.07, 6.45) is 3.35. The third-order valence-corrected chi connectivity index (χ3v) is 6.86. The molecule has 0 spiro atoms. The van der Waals surface area contributed by atoms with E-state index in [-0.39, 0.29) is 12.1 Å². The Morgan fingerprint density at radius 3 is 1.89 bits per heavy atom. The van der Waals surface area contributed by atoms with E-state index in [0.29, 0.717) is 55.9 Å². The number of carbonyl (C=O) groups excluding carboxylic acids is 2. The van der Waals surface area contributed by atoms with E-state index in [1.165, 1.54) is 6.33 Å². The quantitative estimate of drug-likeness (QED) is 0.236. The summed E-state index contributed by atoms with van der Waals surface area (Å²) in [5.41, 5.74) is 0.626. The summed E-state index contributed by atoms with van der Waals surface area (Å²) in [7, 11) is 0. The predicted octanol–water partition coefficient (Wildman–Crippen LogP) is 7.71. The van der Waals surface area contributed by atoms with Crippen LogP contribution in [0.2, 0.25) is 20.1 Å². The number of urea groups is 1. The third-order valence-electron chi connectivity index (χ3n) is 5.60. The molecule has 0 atom stereocenters. The first kappa shape index (κ1) is 27.1. The first-order valence-electron chi connectivity index (χ1n) is 11.3. The number of ether oxygens (including phenoxy) is 1. The fourth-order valence-electron chi connectivity index (χ4n) is 3.82. The van der Waals surface area contributed by atoms with Gasteiger partial charge in [-0.15, -0.1) is 0 Å². The molecule has 2 aromatic carbocycles. The number of hydrogen-bond donors (Lipinski definition) is 4. The lowest BCUT2D eigenvalue weighted by Gasteiger charge is -2.29. The molecule has 194 valence electrons. The number of hydrogen-bond acceptors (Lipinski definition) is 6. The Labute approximate surface area is 233 Å². The Bertz CT molecular complexity index is 1250. The molecule has 1 fully saturated rings. The van der Waals surface area contributed by atoms with Crippen molar-refractivity contribution in [3.63, 3.8) is 0 Å². The minimum Gasteiger partial charge on any atom is -0.446 e. The largest absolute Gasteiger partial charge is 0.446 e. The summed E-state index contributed by atoms with van der Waals surface area (Å²) in [6.45, 7) is 0. The second-order valence-corrected chi connectivity index (χ2v) is 9.84. The zero-order chi connectivity index (χ0) is 26.4. The Balaban J connectivity index is 1.25. The average molecular weight is 584 g/mol.